The van der Waals surface area contributed by atoms with E-state index in [9.17, 15) is 27.6 Å². The number of esters is 1. The Morgan fingerprint density at radius 2 is 1.32 bits per heavy atom. The number of carbonyl (C=O) groups is 3. The van der Waals surface area contributed by atoms with Crippen molar-refractivity contribution < 1.29 is 46.5 Å². The second-order valence-corrected chi connectivity index (χ2v) is 17.8. The number of nitrogens with two attached hydrogens (primary N) is 3. The third-order valence-corrected chi connectivity index (χ3v) is 12.7. The number of amides is 2. The number of unbranched alkanes of at least 4 members (excludes halogenated alkanes) is 1. The number of carbonyl (C=O) groups excluding carboxylic acids is 3. The van der Waals surface area contributed by atoms with Crippen LogP contribution in [-0.2, 0) is 33.3 Å². The fraction of sp³-hybridized carbons (Fsp3) is 0.733. The standard InChI is InChI=1S/C45H72F3N17O7.ClH/c1-6-22-69-24-26-71-27-25-70-23-13-52-42-53-43(62-18-14-60(15-19-62)39(66)36(11-9-10-12-49)64-29-35(57-58-64)37(51)31(4)7-2)55-44(54-42)63-20-16-61(17-21-63)40(67)38(32(5)8-3)65-28-34(56-59-65)33(50)30-72-41(68)45(46,47)48;/h1,28-29,31-33,36-38H,7-27,30,49-51H2,2-5H3,(H,52,53,54,55);1H/t31-,32+,33?,36+,37?,38?;/m1./s1. The largest absolute Gasteiger partial charge is 0.490 e. The summed E-state index contributed by atoms with van der Waals surface area (Å²) in [5.41, 5.74) is 19.0. The summed E-state index contributed by atoms with van der Waals surface area (Å²) in [6, 6.07) is -2.88. The van der Waals surface area contributed by atoms with Gasteiger partial charge in [-0.2, -0.15) is 28.1 Å². The Labute approximate surface area is 430 Å². The molecule has 24 nitrogen and oxygen atoms in total. The zero-order valence-electron chi connectivity index (χ0n) is 42.2. The minimum absolute atomic E-state index is 0. The Bertz CT molecular complexity index is 2190. The molecule has 2 fully saturated rings. The lowest BCUT2D eigenvalue weighted by Gasteiger charge is -2.38. The van der Waals surface area contributed by atoms with Crippen LogP contribution in [0.4, 0.5) is 31.0 Å². The van der Waals surface area contributed by atoms with E-state index in [0.29, 0.717) is 135 Å². The maximum atomic E-state index is 14.2. The molecule has 5 rings (SSSR count). The van der Waals surface area contributed by atoms with Crippen molar-refractivity contribution in [3.63, 3.8) is 0 Å². The molecule has 2 aliphatic rings. The lowest BCUT2D eigenvalue weighted by Crippen LogP contribution is -2.52. The predicted octanol–water partition coefficient (Wildman–Crippen LogP) is 1.68. The number of terminal acetylenes is 1. The predicted molar refractivity (Wildman–Crippen MR) is 265 cm³/mol. The van der Waals surface area contributed by atoms with E-state index >= 15 is 0 Å². The molecule has 0 aromatic carbocycles. The second kappa shape index (κ2) is 30.0. The normalized spacial score (nSPS) is 16.7. The first kappa shape index (κ1) is 60.1. The number of hydrogen-bond donors (Lipinski definition) is 4. The zero-order chi connectivity index (χ0) is 52.2. The van der Waals surface area contributed by atoms with Gasteiger partial charge >= 0.3 is 12.1 Å². The van der Waals surface area contributed by atoms with Crippen molar-refractivity contribution >= 4 is 48.0 Å². The SMILES string of the molecule is C#CCOCCOCCOCCNc1nc(N2CCN(C(=O)C([C@@H](C)CC)n3cc(C(N)COC(=O)C(F)(F)F)nn3)CC2)nc(N2CCN(C(=O)[C@H](CCCCN)n3cc(C(N)[C@H](C)CC)nn3)CC2)n1.Cl. The molecule has 0 bridgehead atoms. The van der Waals surface area contributed by atoms with Gasteiger partial charge in [-0.1, -0.05) is 56.9 Å². The molecule has 2 aliphatic heterocycles. The Kier molecular flexibility index (Phi) is 24.7. The molecule has 0 radical (unpaired) electrons. The average Bonchev–Trinajstić information content (AvgIpc) is 4.09. The highest BCUT2D eigenvalue weighted by Crippen LogP contribution is 2.28. The first-order valence-corrected chi connectivity index (χ1v) is 24.6. The van der Waals surface area contributed by atoms with Crippen LogP contribution in [0.25, 0.3) is 0 Å². The highest BCUT2D eigenvalue weighted by molar-refractivity contribution is 5.85. The van der Waals surface area contributed by atoms with Crippen LogP contribution in [0.2, 0.25) is 0 Å². The van der Waals surface area contributed by atoms with Crippen LogP contribution in [0.1, 0.15) is 95.4 Å². The van der Waals surface area contributed by atoms with Crippen molar-refractivity contribution in [2.75, 3.05) is 127 Å². The highest BCUT2D eigenvalue weighted by Gasteiger charge is 2.41. The second-order valence-electron chi connectivity index (χ2n) is 17.8. The van der Waals surface area contributed by atoms with Crippen molar-refractivity contribution in [2.45, 2.75) is 90.1 Å². The van der Waals surface area contributed by atoms with Gasteiger partial charge in [-0.25, -0.2) is 14.2 Å². The van der Waals surface area contributed by atoms with Crippen LogP contribution >= 0.6 is 12.4 Å². The van der Waals surface area contributed by atoms with E-state index in [1.807, 2.05) is 28.5 Å². The first-order valence-electron chi connectivity index (χ1n) is 24.6. The van der Waals surface area contributed by atoms with Crippen LogP contribution in [0.5, 0.6) is 0 Å². The molecule has 2 saturated heterocycles. The molecule has 0 aliphatic carbocycles. The van der Waals surface area contributed by atoms with Crippen molar-refractivity contribution in [1.29, 1.82) is 0 Å². The van der Waals surface area contributed by atoms with Gasteiger partial charge in [0.2, 0.25) is 29.7 Å². The van der Waals surface area contributed by atoms with E-state index in [0.717, 1.165) is 19.3 Å². The van der Waals surface area contributed by atoms with Gasteiger partial charge in [0, 0.05) is 58.9 Å². The molecule has 3 aromatic rings. The molecule has 0 spiro atoms. The van der Waals surface area contributed by atoms with E-state index in [1.54, 1.807) is 15.8 Å². The summed E-state index contributed by atoms with van der Waals surface area (Å²) in [5.74, 6) is 0.848. The van der Waals surface area contributed by atoms with Crippen molar-refractivity contribution in [3.8, 4) is 12.3 Å². The summed E-state index contributed by atoms with van der Waals surface area (Å²) >= 11 is 0. The number of aromatic nitrogens is 9. The minimum atomic E-state index is -5.17. The molecule has 2 amide bonds. The number of nitrogens with one attached hydrogen (secondary N) is 1. The molecule has 3 unspecified atom stereocenters. The van der Waals surface area contributed by atoms with E-state index in [4.69, 9.17) is 52.8 Å². The fourth-order valence-corrected chi connectivity index (χ4v) is 7.93. The molecular formula is C45H73ClF3N17O7. The number of piperazine rings is 2. The summed E-state index contributed by atoms with van der Waals surface area (Å²) in [7, 11) is 0. The Morgan fingerprint density at radius 3 is 1.89 bits per heavy atom. The minimum Gasteiger partial charge on any atom is -0.457 e. The molecule has 6 atom stereocenters. The van der Waals surface area contributed by atoms with Gasteiger partial charge in [-0.3, -0.25) is 9.59 Å². The molecule has 3 aromatic heterocycles. The van der Waals surface area contributed by atoms with Crippen LogP contribution in [0.15, 0.2) is 12.4 Å². The topological polar surface area (TPSA) is 291 Å². The summed E-state index contributed by atoms with van der Waals surface area (Å²) < 4.78 is 61.9. The molecular weight excluding hydrogens is 983 g/mol. The molecule has 73 heavy (non-hydrogen) atoms. The highest BCUT2D eigenvalue weighted by atomic mass is 35.5. The molecule has 7 N–H and O–H groups in total. The quantitative estimate of drug-likeness (QED) is 0.0437. The number of anilines is 3. The summed E-state index contributed by atoms with van der Waals surface area (Å²) in [6.45, 7) is 13.2. The van der Waals surface area contributed by atoms with Gasteiger partial charge in [0.25, 0.3) is 0 Å². The van der Waals surface area contributed by atoms with Crippen LogP contribution < -0.4 is 32.3 Å². The summed E-state index contributed by atoms with van der Waals surface area (Å²) in [6.07, 6.45) is 6.74. The van der Waals surface area contributed by atoms with E-state index < -0.39 is 36.9 Å². The fourth-order valence-electron chi connectivity index (χ4n) is 7.93. The van der Waals surface area contributed by atoms with Gasteiger partial charge in [0.15, 0.2) is 0 Å². The molecule has 0 saturated carbocycles. The van der Waals surface area contributed by atoms with Crippen molar-refractivity contribution in [1.82, 2.24) is 54.7 Å². The Balaban J connectivity index is 0.0000116. The zero-order valence-corrected chi connectivity index (χ0v) is 43.0. The number of nitrogens with zero attached hydrogens (tertiary/aromatic N) is 13. The number of halogens is 4. The smallest absolute Gasteiger partial charge is 0.457 e. The third-order valence-electron chi connectivity index (χ3n) is 12.7. The lowest BCUT2D eigenvalue weighted by atomic mass is 9.97. The van der Waals surface area contributed by atoms with E-state index in [2.05, 4.69) is 50.4 Å². The van der Waals surface area contributed by atoms with Crippen molar-refractivity contribution in [3.05, 3.63) is 23.8 Å². The first-order chi connectivity index (χ1) is 34.6. The maximum absolute atomic E-state index is 14.2. The van der Waals surface area contributed by atoms with Crippen molar-refractivity contribution in [2.24, 2.45) is 29.0 Å². The number of rotatable bonds is 29. The van der Waals surface area contributed by atoms with Gasteiger partial charge in [-0.05, 0) is 37.6 Å². The number of hydrogen-bond acceptors (Lipinski definition) is 20. The van der Waals surface area contributed by atoms with Gasteiger partial charge < -0.3 is 61.1 Å². The van der Waals surface area contributed by atoms with E-state index in [-0.39, 0.29) is 54.4 Å². The number of ether oxygens (including phenoxy) is 4. The summed E-state index contributed by atoms with van der Waals surface area (Å²) in [5, 5.41) is 20.1. The Hall–Kier alpha value is -5.50. The molecule has 28 heteroatoms. The van der Waals surface area contributed by atoms with E-state index in [1.165, 1.54) is 10.9 Å². The monoisotopic (exact) mass is 1060 g/mol. The molecule has 5 heterocycles. The Morgan fingerprint density at radius 1 is 0.767 bits per heavy atom. The van der Waals surface area contributed by atoms with Crippen LogP contribution in [0, 0.1) is 24.2 Å². The lowest BCUT2D eigenvalue weighted by molar-refractivity contribution is -0.200. The molecule has 408 valence electrons. The van der Waals surface area contributed by atoms with Crippen LogP contribution in [-0.4, -0.2) is 190 Å². The third kappa shape index (κ3) is 17.6. The van der Waals surface area contributed by atoms with Gasteiger partial charge in [0.1, 0.15) is 31.0 Å². The average molecular weight is 1060 g/mol. The maximum Gasteiger partial charge on any atom is 0.490 e. The number of alkyl halides is 3. The van der Waals surface area contributed by atoms with Gasteiger partial charge in [-0.15, -0.1) is 29.0 Å². The summed E-state index contributed by atoms with van der Waals surface area (Å²) in [4.78, 5) is 61.7. The van der Waals surface area contributed by atoms with Crippen LogP contribution in [0.3, 0.4) is 0 Å². The van der Waals surface area contributed by atoms with Gasteiger partial charge in [0.05, 0.1) is 63.2 Å².